The zero-order valence-electron chi connectivity index (χ0n) is 7.54. The number of hydrogen-bond donors (Lipinski definition) is 1. The molecule has 0 atom stereocenters. The van der Waals surface area contributed by atoms with Gasteiger partial charge in [-0.2, -0.15) is 0 Å². The van der Waals surface area contributed by atoms with Crippen molar-refractivity contribution < 1.29 is 19.6 Å². The fourth-order valence-electron chi connectivity index (χ4n) is 1.04. The van der Waals surface area contributed by atoms with Crippen molar-refractivity contribution in [2.75, 3.05) is 0 Å². The van der Waals surface area contributed by atoms with Crippen LogP contribution in [0, 0.1) is 10.1 Å². The summed E-state index contributed by atoms with van der Waals surface area (Å²) in [6.45, 7) is 0. The van der Waals surface area contributed by atoms with Crippen LogP contribution in [0.2, 0.25) is 0 Å². The van der Waals surface area contributed by atoms with Crippen LogP contribution < -0.4 is 0 Å². The number of carbonyl (C=O) groups is 2. The first kappa shape index (κ1) is 10.8. The number of nitro benzene ring substituents is 1. The number of ketones is 1. The van der Waals surface area contributed by atoms with Crippen LogP contribution in [0.25, 0.3) is 0 Å². The Hall–Kier alpha value is -2.24. The maximum atomic E-state index is 10.8. The largest absolute Gasteiger partial charge is 0.475 e. The van der Waals surface area contributed by atoms with Crippen molar-refractivity contribution in [2.24, 2.45) is 0 Å². The van der Waals surface area contributed by atoms with E-state index in [1.807, 2.05) is 0 Å². The highest BCUT2D eigenvalue weighted by molar-refractivity contribution is 6.33. The van der Waals surface area contributed by atoms with E-state index in [-0.39, 0.29) is 12.1 Å². The summed E-state index contributed by atoms with van der Waals surface area (Å²) in [7, 11) is 0. The number of Topliss-reactive ketones (excluding diaryl/α,β-unsaturated/α-hetero) is 1. The van der Waals surface area contributed by atoms with Crippen molar-refractivity contribution in [2.45, 2.75) is 6.42 Å². The summed E-state index contributed by atoms with van der Waals surface area (Å²) >= 11 is 0. The number of benzene rings is 1. The summed E-state index contributed by atoms with van der Waals surface area (Å²) in [6, 6.07) is 5.33. The van der Waals surface area contributed by atoms with Gasteiger partial charge < -0.3 is 5.11 Å². The van der Waals surface area contributed by atoms with Gasteiger partial charge in [0.15, 0.2) is 0 Å². The van der Waals surface area contributed by atoms with E-state index in [1.54, 1.807) is 0 Å². The minimum atomic E-state index is -1.54. The molecule has 0 aromatic heterocycles. The predicted octanol–water partition coefficient (Wildman–Crippen LogP) is 0.791. The van der Waals surface area contributed by atoms with Crippen LogP contribution in [0.3, 0.4) is 0 Å². The Kier molecular flexibility index (Phi) is 3.12. The Morgan fingerprint density at radius 2 is 2.07 bits per heavy atom. The third-order valence-electron chi connectivity index (χ3n) is 1.72. The molecule has 1 rings (SSSR count). The lowest BCUT2D eigenvalue weighted by Gasteiger charge is -1.97. The van der Waals surface area contributed by atoms with Crippen LogP contribution >= 0.6 is 0 Å². The minimum Gasteiger partial charge on any atom is -0.475 e. The molecule has 6 nitrogen and oxygen atoms in total. The Balaban J connectivity index is 2.87. The highest BCUT2D eigenvalue weighted by atomic mass is 16.6. The second-order valence-electron chi connectivity index (χ2n) is 2.83. The molecule has 15 heavy (non-hydrogen) atoms. The first-order chi connectivity index (χ1) is 7.00. The van der Waals surface area contributed by atoms with Gasteiger partial charge in [0.05, 0.1) is 4.92 Å². The number of carbonyl (C=O) groups excluding carboxylic acids is 1. The quantitative estimate of drug-likeness (QED) is 0.449. The van der Waals surface area contributed by atoms with Crippen LogP contribution in [0.1, 0.15) is 5.56 Å². The van der Waals surface area contributed by atoms with E-state index in [2.05, 4.69) is 0 Å². The Morgan fingerprint density at radius 1 is 1.40 bits per heavy atom. The van der Waals surface area contributed by atoms with Gasteiger partial charge in [-0.25, -0.2) is 4.79 Å². The summed E-state index contributed by atoms with van der Waals surface area (Å²) in [5.74, 6) is -2.53. The monoisotopic (exact) mass is 209 g/mol. The molecule has 1 N–H and O–H groups in total. The zero-order valence-corrected chi connectivity index (χ0v) is 7.54. The fraction of sp³-hybridized carbons (Fsp3) is 0.111. The van der Waals surface area contributed by atoms with Crippen LogP contribution in [0.4, 0.5) is 5.69 Å². The minimum absolute atomic E-state index is 0.161. The topological polar surface area (TPSA) is 97.5 Å². The number of nitrogens with zero attached hydrogens (tertiary/aromatic N) is 1. The van der Waals surface area contributed by atoms with E-state index in [4.69, 9.17) is 5.11 Å². The molecule has 6 heteroatoms. The molecule has 0 heterocycles. The lowest BCUT2D eigenvalue weighted by molar-refractivity contribution is -0.384. The van der Waals surface area contributed by atoms with Crippen LogP contribution in [0.5, 0.6) is 0 Å². The van der Waals surface area contributed by atoms with Crippen molar-refractivity contribution in [3.05, 3.63) is 39.9 Å². The van der Waals surface area contributed by atoms with E-state index < -0.39 is 16.7 Å². The number of aliphatic carboxylic acids is 1. The SMILES string of the molecule is O=C(O)C(=O)Cc1cccc([N+](=O)[O-])c1. The predicted molar refractivity (Wildman–Crippen MR) is 49.4 cm³/mol. The highest BCUT2D eigenvalue weighted by Gasteiger charge is 2.13. The van der Waals surface area contributed by atoms with E-state index >= 15 is 0 Å². The van der Waals surface area contributed by atoms with Gasteiger partial charge in [-0.1, -0.05) is 12.1 Å². The third kappa shape index (κ3) is 2.87. The molecule has 0 spiro atoms. The average molecular weight is 209 g/mol. The molecular weight excluding hydrogens is 202 g/mol. The molecule has 1 aromatic carbocycles. The van der Waals surface area contributed by atoms with Gasteiger partial charge in [0.1, 0.15) is 0 Å². The molecule has 0 aliphatic rings. The zero-order chi connectivity index (χ0) is 11.4. The molecule has 0 saturated carbocycles. The lowest BCUT2D eigenvalue weighted by atomic mass is 10.1. The first-order valence-electron chi connectivity index (χ1n) is 4.00. The van der Waals surface area contributed by atoms with Gasteiger partial charge in [-0.3, -0.25) is 14.9 Å². The summed E-state index contributed by atoms with van der Waals surface area (Å²) in [6.07, 6.45) is -0.336. The Bertz CT molecular complexity index is 426. The van der Waals surface area contributed by atoms with Gasteiger partial charge in [0, 0.05) is 18.6 Å². The van der Waals surface area contributed by atoms with Gasteiger partial charge in [0.25, 0.3) is 5.69 Å². The molecule has 0 fully saturated rings. The highest BCUT2D eigenvalue weighted by Crippen LogP contribution is 2.13. The van der Waals surface area contributed by atoms with Crippen molar-refractivity contribution >= 4 is 17.4 Å². The van der Waals surface area contributed by atoms with Crippen molar-refractivity contribution in [1.29, 1.82) is 0 Å². The number of carboxylic acids is 1. The van der Waals surface area contributed by atoms with Crippen molar-refractivity contribution in [3.63, 3.8) is 0 Å². The maximum absolute atomic E-state index is 10.8. The number of carboxylic acid groups (broad SMARTS) is 1. The Labute approximate surface area is 84.3 Å². The molecule has 0 radical (unpaired) electrons. The van der Waals surface area contributed by atoms with Crippen LogP contribution in [-0.4, -0.2) is 21.8 Å². The second-order valence-corrected chi connectivity index (χ2v) is 2.83. The molecule has 0 bridgehead atoms. The molecule has 0 amide bonds. The van der Waals surface area contributed by atoms with Crippen LogP contribution in [-0.2, 0) is 16.0 Å². The number of hydrogen-bond acceptors (Lipinski definition) is 4. The van der Waals surface area contributed by atoms with Gasteiger partial charge in [0.2, 0.25) is 5.78 Å². The maximum Gasteiger partial charge on any atom is 0.372 e. The second kappa shape index (κ2) is 4.32. The number of rotatable bonds is 4. The van der Waals surface area contributed by atoms with Crippen molar-refractivity contribution in [1.82, 2.24) is 0 Å². The summed E-state index contributed by atoms with van der Waals surface area (Å²) in [5.41, 5.74) is 0.155. The molecular formula is C9H7NO5. The first-order valence-corrected chi connectivity index (χ1v) is 4.00. The van der Waals surface area contributed by atoms with Crippen molar-refractivity contribution in [3.8, 4) is 0 Å². The summed E-state index contributed by atoms with van der Waals surface area (Å²) in [5, 5.41) is 18.7. The summed E-state index contributed by atoms with van der Waals surface area (Å²) < 4.78 is 0. The molecule has 0 aliphatic heterocycles. The van der Waals surface area contributed by atoms with E-state index in [9.17, 15) is 19.7 Å². The molecule has 78 valence electrons. The van der Waals surface area contributed by atoms with Gasteiger partial charge >= 0.3 is 5.97 Å². The number of non-ortho nitro benzene ring substituents is 1. The molecule has 0 saturated heterocycles. The third-order valence-corrected chi connectivity index (χ3v) is 1.72. The van der Waals surface area contributed by atoms with E-state index in [0.29, 0.717) is 5.56 Å². The summed E-state index contributed by atoms with van der Waals surface area (Å²) in [4.78, 5) is 30.8. The molecule has 1 aromatic rings. The molecule has 0 aliphatic carbocycles. The van der Waals surface area contributed by atoms with Gasteiger partial charge in [-0.05, 0) is 5.56 Å². The normalized spacial score (nSPS) is 9.60. The van der Waals surface area contributed by atoms with E-state index in [1.165, 1.54) is 24.3 Å². The average Bonchev–Trinajstić information content (AvgIpc) is 2.18. The number of nitro groups is 1. The van der Waals surface area contributed by atoms with E-state index in [0.717, 1.165) is 0 Å². The van der Waals surface area contributed by atoms with Crippen LogP contribution in [0.15, 0.2) is 24.3 Å². The fourth-order valence-corrected chi connectivity index (χ4v) is 1.04. The van der Waals surface area contributed by atoms with Gasteiger partial charge in [-0.15, -0.1) is 0 Å². The standard InChI is InChI=1S/C9H7NO5/c11-8(9(12)13)5-6-2-1-3-7(4-6)10(14)15/h1-4H,5H2,(H,12,13). The smallest absolute Gasteiger partial charge is 0.372 e. The molecule has 0 unspecified atom stereocenters. The Morgan fingerprint density at radius 3 is 2.60 bits per heavy atom. The lowest BCUT2D eigenvalue weighted by Crippen LogP contribution is -2.15.